The topological polar surface area (TPSA) is 38.3 Å². The average Bonchev–Trinajstić information content (AvgIpc) is 3.18. The van der Waals surface area contributed by atoms with E-state index in [2.05, 4.69) is 5.32 Å². The maximum absolute atomic E-state index is 12.6. The van der Waals surface area contributed by atoms with Crippen LogP contribution in [0.3, 0.4) is 0 Å². The molecule has 1 heterocycles. The van der Waals surface area contributed by atoms with Gasteiger partial charge in [0.2, 0.25) is 0 Å². The van der Waals surface area contributed by atoms with E-state index < -0.39 is 11.7 Å². The van der Waals surface area contributed by atoms with E-state index in [0.717, 1.165) is 42.2 Å². The Hall–Kier alpha value is -1.99. The van der Waals surface area contributed by atoms with Gasteiger partial charge in [-0.2, -0.15) is 13.2 Å². The van der Waals surface area contributed by atoms with Crippen LogP contribution < -0.4 is 5.32 Å². The van der Waals surface area contributed by atoms with Crippen molar-refractivity contribution in [1.29, 1.82) is 0 Å². The summed E-state index contributed by atoms with van der Waals surface area (Å²) in [5.74, 6) is 0.550. The predicted molar refractivity (Wildman–Crippen MR) is 98.8 cm³/mol. The molecular formula is C20H20F3NO2S. The van der Waals surface area contributed by atoms with Crippen molar-refractivity contribution in [2.45, 2.75) is 36.6 Å². The van der Waals surface area contributed by atoms with Gasteiger partial charge in [0.25, 0.3) is 5.91 Å². The van der Waals surface area contributed by atoms with E-state index in [-0.39, 0.29) is 18.6 Å². The predicted octanol–water partition coefficient (Wildman–Crippen LogP) is 4.91. The third-order valence-corrected chi connectivity index (χ3v) is 5.52. The van der Waals surface area contributed by atoms with Gasteiger partial charge in [-0.25, -0.2) is 0 Å². The first-order valence-corrected chi connectivity index (χ1v) is 9.70. The molecule has 144 valence electrons. The van der Waals surface area contributed by atoms with Gasteiger partial charge < -0.3 is 10.1 Å². The van der Waals surface area contributed by atoms with Gasteiger partial charge in [0, 0.05) is 23.8 Å². The summed E-state index contributed by atoms with van der Waals surface area (Å²) in [6.07, 6.45) is -2.03. The van der Waals surface area contributed by atoms with Crippen molar-refractivity contribution in [3.8, 4) is 0 Å². The summed E-state index contributed by atoms with van der Waals surface area (Å²) in [5, 5.41) is 2.78. The highest BCUT2D eigenvalue weighted by Crippen LogP contribution is 2.29. The molecule has 0 spiro atoms. The fraction of sp³-hybridized carbons (Fsp3) is 0.350. The van der Waals surface area contributed by atoms with Crippen molar-refractivity contribution >= 4 is 17.7 Å². The van der Waals surface area contributed by atoms with Crippen LogP contribution in [-0.2, 0) is 17.5 Å². The number of amides is 1. The maximum atomic E-state index is 12.6. The molecule has 0 radical (unpaired) electrons. The van der Waals surface area contributed by atoms with E-state index in [1.165, 1.54) is 12.1 Å². The lowest BCUT2D eigenvalue weighted by Gasteiger charge is -2.13. The number of hydrogen-bond acceptors (Lipinski definition) is 3. The van der Waals surface area contributed by atoms with E-state index in [4.69, 9.17) is 4.74 Å². The molecule has 0 aliphatic carbocycles. The van der Waals surface area contributed by atoms with Crippen LogP contribution in [0.15, 0.2) is 53.4 Å². The fourth-order valence-electron chi connectivity index (χ4n) is 2.83. The molecule has 1 saturated heterocycles. The summed E-state index contributed by atoms with van der Waals surface area (Å²) < 4.78 is 43.4. The van der Waals surface area contributed by atoms with Crippen LogP contribution in [0.4, 0.5) is 13.2 Å². The minimum Gasteiger partial charge on any atom is -0.377 e. The molecular weight excluding hydrogens is 375 g/mol. The number of alkyl halides is 3. The van der Waals surface area contributed by atoms with Crippen LogP contribution in [0.2, 0.25) is 0 Å². The highest BCUT2D eigenvalue weighted by Gasteiger charge is 2.29. The summed E-state index contributed by atoms with van der Waals surface area (Å²) in [6, 6.07) is 12.1. The third kappa shape index (κ3) is 5.49. The van der Waals surface area contributed by atoms with E-state index >= 15 is 0 Å². The number of carbonyl (C=O) groups is 1. The molecule has 27 heavy (non-hydrogen) atoms. The quantitative estimate of drug-likeness (QED) is 0.707. The zero-order valence-corrected chi connectivity index (χ0v) is 15.4. The minimum absolute atomic E-state index is 0.168. The van der Waals surface area contributed by atoms with Gasteiger partial charge in [-0.15, -0.1) is 11.8 Å². The second-order valence-electron chi connectivity index (χ2n) is 6.32. The lowest BCUT2D eigenvalue weighted by atomic mass is 10.1. The summed E-state index contributed by atoms with van der Waals surface area (Å²) in [5.41, 5.74) is 0.474. The Balaban J connectivity index is 1.59. The molecule has 0 bridgehead atoms. The van der Waals surface area contributed by atoms with Crippen LogP contribution in [-0.4, -0.2) is 24.4 Å². The van der Waals surface area contributed by atoms with E-state index in [9.17, 15) is 18.0 Å². The van der Waals surface area contributed by atoms with Gasteiger partial charge in [-0.05, 0) is 42.7 Å². The molecule has 1 aliphatic heterocycles. The molecule has 2 aromatic rings. The first kappa shape index (κ1) is 19.8. The molecule has 3 rings (SSSR count). The van der Waals surface area contributed by atoms with Gasteiger partial charge in [0.05, 0.1) is 17.2 Å². The van der Waals surface area contributed by atoms with E-state index in [0.29, 0.717) is 11.1 Å². The second kappa shape index (κ2) is 8.80. The molecule has 2 aromatic carbocycles. The Morgan fingerprint density at radius 3 is 2.56 bits per heavy atom. The number of halogens is 3. The molecule has 3 nitrogen and oxygen atoms in total. The van der Waals surface area contributed by atoms with Crippen LogP contribution in [0, 0.1) is 0 Å². The normalized spacial score (nSPS) is 17.1. The van der Waals surface area contributed by atoms with Gasteiger partial charge in [0.15, 0.2) is 0 Å². The number of carbonyl (C=O) groups excluding carboxylic acids is 1. The second-order valence-corrected chi connectivity index (χ2v) is 7.38. The summed E-state index contributed by atoms with van der Waals surface area (Å²) in [4.78, 5) is 13.4. The minimum atomic E-state index is -4.36. The van der Waals surface area contributed by atoms with Crippen LogP contribution >= 0.6 is 11.8 Å². The molecule has 0 saturated carbocycles. The standard InChI is InChI=1S/C20H20F3NO2S/c21-20(22,23)15-9-7-14(8-10-15)12-24-19(25)17-5-1-2-6-18(17)27-13-16-4-3-11-26-16/h1-2,5-10,16H,3-4,11-13H2,(H,24,25). The lowest BCUT2D eigenvalue weighted by molar-refractivity contribution is -0.137. The van der Waals surface area contributed by atoms with Gasteiger partial charge in [-0.1, -0.05) is 24.3 Å². The number of ether oxygens (including phenoxy) is 1. The Morgan fingerprint density at radius 2 is 1.89 bits per heavy atom. The monoisotopic (exact) mass is 395 g/mol. The molecule has 7 heteroatoms. The highest BCUT2D eigenvalue weighted by atomic mass is 32.2. The molecule has 1 unspecified atom stereocenters. The van der Waals surface area contributed by atoms with Gasteiger partial charge in [0.1, 0.15) is 0 Å². The Kier molecular flexibility index (Phi) is 6.44. The number of benzene rings is 2. The molecule has 1 amide bonds. The van der Waals surface area contributed by atoms with Crippen molar-refractivity contribution in [1.82, 2.24) is 5.32 Å². The van der Waals surface area contributed by atoms with Crippen LogP contribution in [0.5, 0.6) is 0 Å². The van der Waals surface area contributed by atoms with Crippen molar-refractivity contribution in [3.63, 3.8) is 0 Å². The maximum Gasteiger partial charge on any atom is 0.416 e. The van der Waals surface area contributed by atoms with Gasteiger partial charge in [-0.3, -0.25) is 4.79 Å². The average molecular weight is 395 g/mol. The smallest absolute Gasteiger partial charge is 0.377 e. The molecule has 1 atom stereocenters. The zero-order chi connectivity index (χ0) is 19.3. The first-order valence-electron chi connectivity index (χ1n) is 8.71. The summed E-state index contributed by atoms with van der Waals surface area (Å²) in [6.45, 7) is 0.961. The zero-order valence-electron chi connectivity index (χ0n) is 14.6. The number of rotatable bonds is 6. The van der Waals surface area contributed by atoms with Crippen molar-refractivity contribution in [2.75, 3.05) is 12.4 Å². The summed E-state index contributed by atoms with van der Waals surface area (Å²) >= 11 is 1.59. The first-order chi connectivity index (χ1) is 12.9. The molecule has 1 N–H and O–H groups in total. The van der Waals surface area contributed by atoms with Crippen molar-refractivity contribution in [3.05, 3.63) is 65.2 Å². The lowest BCUT2D eigenvalue weighted by Crippen LogP contribution is -2.23. The van der Waals surface area contributed by atoms with Crippen LogP contribution in [0.1, 0.15) is 34.3 Å². The van der Waals surface area contributed by atoms with Crippen molar-refractivity contribution in [2.24, 2.45) is 0 Å². The largest absolute Gasteiger partial charge is 0.416 e. The Bertz CT molecular complexity index is 772. The fourth-order valence-corrected chi connectivity index (χ4v) is 3.95. The van der Waals surface area contributed by atoms with E-state index in [1.54, 1.807) is 23.9 Å². The van der Waals surface area contributed by atoms with Crippen molar-refractivity contribution < 1.29 is 22.7 Å². The molecule has 1 aliphatic rings. The summed E-state index contributed by atoms with van der Waals surface area (Å²) in [7, 11) is 0. The van der Waals surface area contributed by atoms with Crippen LogP contribution in [0.25, 0.3) is 0 Å². The SMILES string of the molecule is O=C(NCc1ccc(C(F)(F)F)cc1)c1ccccc1SCC1CCCO1. The Morgan fingerprint density at radius 1 is 1.15 bits per heavy atom. The molecule has 0 aromatic heterocycles. The number of nitrogens with one attached hydrogen (secondary N) is 1. The Labute approximate surface area is 160 Å². The van der Waals surface area contributed by atoms with Gasteiger partial charge >= 0.3 is 6.18 Å². The van der Waals surface area contributed by atoms with E-state index in [1.807, 2.05) is 12.1 Å². The number of hydrogen-bond donors (Lipinski definition) is 1. The molecule has 1 fully saturated rings. The highest BCUT2D eigenvalue weighted by molar-refractivity contribution is 7.99. The number of thioether (sulfide) groups is 1. The third-order valence-electron chi connectivity index (χ3n) is 4.31.